The number of carbonyl (C=O) groups excluding carboxylic acids is 1. The summed E-state index contributed by atoms with van der Waals surface area (Å²) in [6.45, 7) is 3.76. The van der Waals surface area contributed by atoms with Gasteiger partial charge in [-0.2, -0.15) is 4.98 Å². The molecule has 1 fully saturated rings. The molecule has 100 valence electrons. The molecule has 5 nitrogen and oxygen atoms in total. The lowest BCUT2D eigenvalue weighted by Gasteiger charge is -2.18. The molecule has 0 aliphatic heterocycles. The molecule has 0 amide bonds. The van der Waals surface area contributed by atoms with Crippen LogP contribution < -0.4 is 0 Å². The minimum absolute atomic E-state index is 0.0534. The van der Waals surface area contributed by atoms with E-state index in [2.05, 4.69) is 10.1 Å². The van der Waals surface area contributed by atoms with E-state index in [1.165, 1.54) is 0 Å². The van der Waals surface area contributed by atoms with Gasteiger partial charge < -0.3 is 9.26 Å². The molecule has 0 aromatic carbocycles. The minimum Gasteiger partial charge on any atom is -0.371 e. The van der Waals surface area contributed by atoms with Gasteiger partial charge in [-0.3, -0.25) is 4.79 Å². The lowest BCUT2D eigenvalue weighted by Crippen LogP contribution is -2.22. The number of nitrogens with zero attached hydrogens (tertiary/aromatic N) is 2. The van der Waals surface area contributed by atoms with Crippen LogP contribution in [-0.2, 0) is 21.6 Å². The predicted octanol–water partition coefficient (Wildman–Crippen LogP) is 2.25. The van der Waals surface area contributed by atoms with E-state index >= 15 is 0 Å². The zero-order valence-corrected chi connectivity index (χ0v) is 11.2. The fraction of sp³-hybridized carbons (Fsp3) is 0.769. The van der Waals surface area contributed by atoms with E-state index in [9.17, 15) is 4.79 Å². The van der Waals surface area contributed by atoms with Gasteiger partial charge in [0.1, 0.15) is 11.4 Å². The van der Waals surface area contributed by atoms with Crippen molar-refractivity contribution in [2.45, 2.75) is 51.6 Å². The third kappa shape index (κ3) is 2.77. The van der Waals surface area contributed by atoms with Crippen LogP contribution in [0.4, 0.5) is 0 Å². The Morgan fingerprint density at radius 2 is 2.22 bits per heavy atom. The molecule has 0 bridgehead atoms. The number of hydrogen-bond acceptors (Lipinski definition) is 5. The average molecular weight is 252 g/mol. The highest BCUT2D eigenvalue weighted by Crippen LogP contribution is 2.25. The molecule has 1 unspecified atom stereocenters. The second-order valence-electron chi connectivity index (χ2n) is 5.34. The van der Waals surface area contributed by atoms with E-state index in [0.29, 0.717) is 30.3 Å². The Kier molecular flexibility index (Phi) is 3.80. The molecule has 1 aromatic rings. The number of rotatable bonds is 4. The topological polar surface area (TPSA) is 65.2 Å². The number of aromatic nitrogens is 2. The fourth-order valence-electron chi connectivity index (χ4n) is 2.16. The molecular weight excluding hydrogens is 232 g/mol. The molecule has 0 radical (unpaired) electrons. The quantitative estimate of drug-likeness (QED) is 0.822. The van der Waals surface area contributed by atoms with Gasteiger partial charge in [0.2, 0.25) is 11.7 Å². The molecule has 0 spiro atoms. The third-order valence-electron chi connectivity index (χ3n) is 3.62. The smallest absolute Gasteiger partial charge is 0.227 e. The molecule has 1 heterocycles. The van der Waals surface area contributed by atoms with Crippen molar-refractivity contribution in [2.24, 2.45) is 5.92 Å². The molecule has 1 atom stereocenters. The zero-order chi connectivity index (χ0) is 13.2. The summed E-state index contributed by atoms with van der Waals surface area (Å²) in [4.78, 5) is 16.1. The fourth-order valence-corrected chi connectivity index (χ4v) is 2.16. The molecule has 0 N–H and O–H groups in total. The van der Waals surface area contributed by atoms with E-state index in [-0.39, 0.29) is 5.92 Å². The first-order chi connectivity index (χ1) is 8.53. The van der Waals surface area contributed by atoms with Crippen LogP contribution in [0.15, 0.2) is 4.52 Å². The van der Waals surface area contributed by atoms with Crippen molar-refractivity contribution in [2.75, 3.05) is 7.11 Å². The summed E-state index contributed by atoms with van der Waals surface area (Å²) < 4.78 is 10.5. The van der Waals surface area contributed by atoms with Crippen LogP contribution in [-0.4, -0.2) is 23.0 Å². The van der Waals surface area contributed by atoms with Crippen molar-refractivity contribution >= 4 is 5.78 Å². The minimum atomic E-state index is -0.557. The van der Waals surface area contributed by atoms with Crippen LogP contribution in [0.5, 0.6) is 0 Å². The number of ketones is 1. The summed E-state index contributed by atoms with van der Waals surface area (Å²) in [6, 6.07) is 0. The largest absolute Gasteiger partial charge is 0.371 e. The summed E-state index contributed by atoms with van der Waals surface area (Å²) in [5, 5.41) is 3.93. The van der Waals surface area contributed by atoms with Crippen molar-refractivity contribution < 1.29 is 14.1 Å². The van der Waals surface area contributed by atoms with Gasteiger partial charge in [0.25, 0.3) is 0 Å². The van der Waals surface area contributed by atoms with Gasteiger partial charge in [-0.25, -0.2) is 0 Å². The molecule has 5 heteroatoms. The first kappa shape index (κ1) is 13.2. The van der Waals surface area contributed by atoms with E-state index in [4.69, 9.17) is 9.26 Å². The SMILES string of the molecule is COC(C)(C)c1noc(CC2CCCCC2=O)n1. The molecule has 1 saturated carbocycles. The van der Waals surface area contributed by atoms with Crippen molar-refractivity contribution in [3.63, 3.8) is 0 Å². The molecule has 1 aromatic heterocycles. The Morgan fingerprint density at radius 3 is 2.89 bits per heavy atom. The van der Waals surface area contributed by atoms with Crippen LogP contribution in [0.25, 0.3) is 0 Å². The maximum Gasteiger partial charge on any atom is 0.227 e. The molecule has 1 aliphatic carbocycles. The lowest BCUT2D eigenvalue weighted by atomic mass is 9.86. The van der Waals surface area contributed by atoms with Crippen LogP contribution in [0, 0.1) is 5.92 Å². The number of Topliss-reactive ketones (excluding diaryl/α,β-unsaturated/α-hetero) is 1. The van der Waals surface area contributed by atoms with Crippen LogP contribution in [0.2, 0.25) is 0 Å². The van der Waals surface area contributed by atoms with Gasteiger partial charge in [0.05, 0.1) is 0 Å². The van der Waals surface area contributed by atoms with E-state index in [0.717, 1.165) is 19.3 Å². The average Bonchev–Trinajstić information content (AvgIpc) is 2.81. The summed E-state index contributed by atoms with van der Waals surface area (Å²) in [5.41, 5.74) is -0.557. The highest BCUT2D eigenvalue weighted by atomic mass is 16.5. The lowest BCUT2D eigenvalue weighted by molar-refractivity contribution is -0.124. The van der Waals surface area contributed by atoms with Crippen LogP contribution in [0.1, 0.15) is 51.2 Å². The van der Waals surface area contributed by atoms with Crippen molar-refractivity contribution in [3.05, 3.63) is 11.7 Å². The zero-order valence-electron chi connectivity index (χ0n) is 11.2. The second-order valence-corrected chi connectivity index (χ2v) is 5.34. The van der Waals surface area contributed by atoms with E-state index in [1.54, 1.807) is 7.11 Å². The van der Waals surface area contributed by atoms with Gasteiger partial charge in [0, 0.05) is 25.9 Å². The van der Waals surface area contributed by atoms with Gasteiger partial charge in [0.15, 0.2) is 0 Å². The Morgan fingerprint density at radius 1 is 1.44 bits per heavy atom. The number of carbonyl (C=O) groups is 1. The molecule has 2 rings (SSSR count). The molecule has 18 heavy (non-hydrogen) atoms. The van der Waals surface area contributed by atoms with Crippen LogP contribution in [0.3, 0.4) is 0 Å². The standard InChI is InChI=1S/C13H20N2O3/c1-13(2,17-3)12-14-11(18-15-12)8-9-6-4-5-7-10(9)16/h9H,4-8H2,1-3H3. The summed E-state index contributed by atoms with van der Waals surface area (Å²) in [7, 11) is 1.61. The van der Waals surface area contributed by atoms with Gasteiger partial charge in [-0.05, 0) is 26.7 Å². The van der Waals surface area contributed by atoms with Gasteiger partial charge >= 0.3 is 0 Å². The molecule has 0 saturated heterocycles. The van der Waals surface area contributed by atoms with Crippen molar-refractivity contribution in [3.8, 4) is 0 Å². The highest BCUT2D eigenvalue weighted by Gasteiger charge is 2.29. The summed E-state index contributed by atoms with van der Waals surface area (Å²) >= 11 is 0. The van der Waals surface area contributed by atoms with Crippen LogP contribution >= 0.6 is 0 Å². The number of hydrogen-bond donors (Lipinski definition) is 0. The second kappa shape index (κ2) is 5.18. The molecular formula is C13H20N2O3. The first-order valence-corrected chi connectivity index (χ1v) is 6.44. The Hall–Kier alpha value is -1.23. The molecule has 1 aliphatic rings. The van der Waals surface area contributed by atoms with Crippen molar-refractivity contribution in [1.82, 2.24) is 10.1 Å². The Labute approximate surface area is 107 Å². The normalized spacial score (nSPS) is 21.3. The number of methoxy groups -OCH3 is 1. The van der Waals surface area contributed by atoms with E-state index < -0.39 is 5.60 Å². The highest BCUT2D eigenvalue weighted by molar-refractivity contribution is 5.81. The van der Waals surface area contributed by atoms with E-state index in [1.807, 2.05) is 13.8 Å². The van der Waals surface area contributed by atoms with Gasteiger partial charge in [-0.15, -0.1) is 0 Å². The first-order valence-electron chi connectivity index (χ1n) is 6.44. The maximum atomic E-state index is 11.7. The predicted molar refractivity (Wildman–Crippen MR) is 65.0 cm³/mol. The van der Waals surface area contributed by atoms with Gasteiger partial charge in [-0.1, -0.05) is 11.6 Å². The maximum absolute atomic E-state index is 11.7. The summed E-state index contributed by atoms with van der Waals surface area (Å²) in [5.74, 6) is 1.45. The Balaban J connectivity index is 2.04. The van der Waals surface area contributed by atoms with Crippen molar-refractivity contribution in [1.29, 1.82) is 0 Å². The Bertz CT molecular complexity index is 426. The third-order valence-corrected chi connectivity index (χ3v) is 3.62. The monoisotopic (exact) mass is 252 g/mol. The summed E-state index contributed by atoms with van der Waals surface area (Å²) in [6.07, 6.45) is 4.31. The number of ether oxygens (including phenoxy) is 1.